The van der Waals surface area contributed by atoms with Crippen LogP contribution in [0.3, 0.4) is 0 Å². The molecule has 2 rings (SSSR count). The molecular formula is C10H11BrN2O. The first kappa shape index (κ1) is 9.68. The second kappa shape index (κ2) is 3.71. The number of aromatic amines is 1. The van der Waals surface area contributed by atoms with Crippen molar-refractivity contribution in [3.05, 3.63) is 28.5 Å². The van der Waals surface area contributed by atoms with Gasteiger partial charge in [0.05, 0.1) is 11.0 Å². The zero-order valence-electron chi connectivity index (χ0n) is 8.04. The minimum absolute atomic E-state index is 0.00109. The van der Waals surface area contributed by atoms with Gasteiger partial charge in [-0.05, 0) is 25.1 Å². The van der Waals surface area contributed by atoms with Gasteiger partial charge in [-0.3, -0.25) is 0 Å². The fraction of sp³-hybridized carbons (Fsp3) is 0.300. The molecule has 14 heavy (non-hydrogen) atoms. The molecule has 0 saturated carbocycles. The van der Waals surface area contributed by atoms with E-state index in [0.717, 1.165) is 21.3 Å². The normalized spacial score (nSPS) is 13.4. The Balaban J connectivity index is 2.51. The van der Waals surface area contributed by atoms with Crippen molar-refractivity contribution in [1.29, 1.82) is 0 Å². The van der Waals surface area contributed by atoms with E-state index in [9.17, 15) is 0 Å². The van der Waals surface area contributed by atoms with Crippen LogP contribution < -0.4 is 0 Å². The van der Waals surface area contributed by atoms with Gasteiger partial charge in [0.25, 0.3) is 0 Å². The van der Waals surface area contributed by atoms with Gasteiger partial charge in [0, 0.05) is 11.6 Å². The molecule has 0 radical (unpaired) electrons. The number of aromatic nitrogens is 2. The Kier molecular flexibility index (Phi) is 2.56. The van der Waals surface area contributed by atoms with E-state index in [1.807, 2.05) is 25.1 Å². The molecule has 1 atom stereocenters. The lowest BCUT2D eigenvalue weighted by molar-refractivity contribution is 0.113. The average molecular weight is 255 g/mol. The summed E-state index contributed by atoms with van der Waals surface area (Å²) in [5.41, 5.74) is 1.99. The number of imidazole rings is 1. The second-order valence-electron chi connectivity index (χ2n) is 3.16. The van der Waals surface area contributed by atoms with E-state index in [2.05, 4.69) is 25.9 Å². The molecule has 0 aliphatic rings. The Morgan fingerprint density at radius 1 is 1.50 bits per heavy atom. The number of benzene rings is 1. The molecule has 1 heterocycles. The molecule has 0 spiro atoms. The molecule has 0 unspecified atom stereocenters. The highest BCUT2D eigenvalue weighted by Crippen LogP contribution is 2.20. The number of fused-ring (bicyclic) bond motifs is 1. The van der Waals surface area contributed by atoms with Crippen molar-refractivity contribution in [2.24, 2.45) is 0 Å². The van der Waals surface area contributed by atoms with Crippen LogP contribution in [-0.4, -0.2) is 17.1 Å². The van der Waals surface area contributed by atoms with Crippen molar-refractivity contribution in [1.82, 2.24) is 9.97 Å². The third kappa shape index (κ3) is 1.67. The van der Waals surface area contributed by atoms with E-state index in [-0.39, 0.29) is 6.10 Å². The number of rotatable bonds is 2. The summed E-state index contributed by atoms with van der Waals surface area (Å²) in [6, 6.07) is 5.97. The average Bonchev–Trinajstić information content (AvgIpc) is 2.59. The first-order valence-electron chi connectivity index (χ1n) is 4.38. The summed E-state index contributed by atoms with van der Waals surface area (Å²) < 4.78 is 6.23. The van der Waals surface area contributed by atoms with Crippen molar-refractivity contribution in [2.75, 3.05) is 7.11 Å². The molecule has 0 fully saturated rings. The van der Waals surface area contributed by atoms with E-state index in [1.54, 1.807) is 7.11 Å². The first-order chi connectivity index (χ1) is 6.70. The zero-order valence-corrected chi connectivity index (χ0v) is 9.63. The van der Waals surface area contributed by atoms with Gasteiger partial charge in [-0.1, -0.05) is 15.9 Å². The van der Waals surface area contributed by atoms with Gasteiger partial charge < -0.3 is 9.72 Å². The Bertz CT molecular complexity index is 452. The van der Waals surface area contributed by atoms with Crippen LogP contribution in [0.1, 0.15) is 18.9 Å². The number of ether oxygens (including phenoxy) is 1. The van der Waals surface area contributed by atoms with Crippen molar-refractivity contribution in [3.63, 3.8) is 0 Å². The van der Waals surface area contributed by atoms with Gasteiger partial charge in [0.1, 0.15) is 11.9 Å². The van der Waals surface area contributed by atoms with E-state index in [4.69, 9.17) is 4.74 Å². The van der Waals surface area contributed by atoms with Gasteiger partial charge in [0.15, 0.2) is 0 Å². The molecule has 0 aliphatic carbocycles. The minimum atomic E-state index is 0.00109. The third-order valence-corrected chi connectivity index (χ3v) is 2.70. The molecule has 1 aromatic carbocycles. The van der Waals surface area contributed by atoms with Crippen LogP contribution in [0.2, 0.25) is 0 Å². The van der Waals surface area contributed by atoms with E-state index < -0.39 is 0 Å². The lowest BCUT2D eigenvalue weighted by Gasteiger charge is -2.03. The monoisotopic (exact) mass is 254 g/mol. The molecule has 1 aromatic heterocycles. The highest BCUT2D eigenvalue weighted by Gasteiger charge is 2.09. The Labute approximate surface area is 90.6 Å². The summed E-state index contributed by atoms with van der Waals surface area (Å²) in [4.78, 5) is 7.65. The topological polar surface area (TPSA) is 37.9 Å². The van der Waals surface area contributed by atoms with Crippen molar-refractivity contribution >= 4 is 27.0 Å². The number of methoxy groups -OCH3 is 1. The van der Waals surface area contributed by atoms with Crippen LogP contribution in [-0.2, 0) is 4.74 Å². The standard InChI is InChI=1S/C10H11BrN2O/c1-6(14-2)10-12-8-4-3-7(11)5-9(8)13-10/h3-6H,1-2H3,(H,12,13)/t6-/m1/s1. The highest BCUT2D eigenvalue weighted by atomic mass is 79.9. The van der Waals surface area contributed by atoms with Crippen molar-refractivity contribution in [2.45, 2.75) is 13.0 Å². The van der Waals surface area contributed by atoms with Crippen LogP contribution in [0.15, 0.2) is 22.7 Å². The summed E-state index contributed by atoms with van der Waals surface area (Å²) in [6.07, 6.45) is 0.00109. The van der Waals surface area contributed by atoms with Crippen LogP contribution >= 0.6 is 15.9 Å². The largest absolute Gasteiger partial charge is 0.374 e. The molecule has 3 nitrogen and oxygen atoms in total. The smallest absolute Gasteiger partial charge is 0.136 e. The molecule has 4 heteroatoms. The SMILES string of the molecule is CO[C@H](C)c1nc2cc(Br)ccc2[nH]1. The van der Waals surface area contributed by atoms with Gasteiger partial charge in [0.2, 0.25) is 0 Å². The van der Waals surface area contributed by atoms with Gasteiger partial charge >= 0.3 is 0 Å². The maximum atomic E-state index is 5.19. The maximum Gasteiger partial charge on any atom is 0.136 e. The Morgan fingerprint density at radius 2 is 2.29 bits per heavy atom. The van der Waals surface area contributed by atoms with Crippen LogP contribution in [0.25, 0.3) is 11.0 Å². The van der Waals surface area contributed by atoms with Crippen LogP contribution in [0, 0.1) is 0 Å². The third-order valence-electron chi connectivity index (χ3n) is 2.20. The minimum Gasteiger partial charge on any atom is -0.374 e. The quantitative estimate of drug-likeness (QED) is 0.895. The van der Waals surface area contributed by atoms with Gasteiger partial charge in [-0.15, -0.1) is 0 Å². The number of halogens is 1. The molecule has 2 aromatic rings. The number of hydrogen-bond donors (Lipinski definition) is 1. The molecule has 0 amide bonds. The summed E-state index contributed by atoms with van der Waals surface area (Å²) in [5.74, 6) is 0.862. The molecule has 0 aliphatic heterocycles. The van der Waals surface area contributed by atoms with Crippen LogP contribution in [0.4, 0.5) is 0 Å². The molecule has 0 saturated heterocycles. The summed E-state index contributed by atoms with van der Waals surface area (Å²) in [5, 5.41) is 0. The van der Waals surface area contributed by atoms with E-state index in [1.165, 1.54) is 0 Å². The number of hydrogen-bond acceptors (Lipinski definition) is 2. The fourth-order valence-corrected chi connectivity index (χ4v) is 1.65. The lowest BCUT2D eigenvalue weighted by Crippen LogP contribution is -1.97. The predicted molar refractivity (Wildman–Crippen MR) is 59.2 cm³/mol. The zero-order chi connectivity index (χ0) is 10.1. The van der Waals surface area contributed by atoms with Gasteiger partial charge in [-0.2, -0.15) is 0 Å². The Morgan fingerprint density at radius 3 is 3.00 bits per heavy atom. The molecular weight excluding hydrogens is 244 g/mol. The van der Waals surface area contributed by atoms with E-state index in [0.29, 0.717) is 0 Å². The van der Waals surface area contributed by atoms with Crippen molar-refractivity contribution in [3.8, 4) is 0 Å². The first-order valence-corrected chi connectivity index (χ1v) is 5.18. The maximum absolute atomic E-state index is 5.19. The van der Waals surface area contributed by atoms with Crippen LogP contribution in [0.5, 0.6) is 0 Å². The molecule has 1 N–H and O–H groups in total. The number of nitrogens with one attached hydrogen (secondary N) is 1. The molecule has 0 bridgehead atoms. The number of nitrogens with zero attached hydrogens (tertiary/aromatic N) is 1. The fourth-order valence-electron chi connectivity index (χ4n) is 1.30. The lowest BCUT2D eigenvalue weighted by atomic mass is 10.3. The second-order valence-corrected chi connectivity index (χ2v) is 4.08. The summed E-state index contributed by atoms with van der Waals surface area (Å²) in [7, 11) is 1.67. The summed E-state index contributed by atoms with van der Waals surface area (Å²) in [6.45, 7) is 1.97. The summed E-state index contributed by atoms with van der Waals surface area (Å²) >= 11 is 3.41. The van der Waals surface area contributed by atoms with E-state index >= 15 is 0 Å². The Hall–Kier alpha value is -0.870. The van der Waals surface area contributed by atoms with Crippen molar-refractivity contribution < 1.29 is 4.74 Å². The predicted octanol–water partition coefficient (Wildman–Crippen LogP) is 3.03. The van der Waals surface area contributed by atoms with Gasteiger partial charge in [-0.25, -0.2) is 4.98 Å². The molecule has 74 valence electrons. The number of H-pyrrole nitrogens is 1. The highest BCUT2D eigenvalue weighted by molar-refractivity contribution is 9.10.